The molecule has 62 valence electrons. The van der Waals surface area contributed by atoms with E-state index in [0.717, 1.165) is 25.7 Å². The molecule has 2 aliphatic rings. The summed E-state index contributed by atoms with van der Waals surface area (Å²) in [6.07, 6.45) is 4.52. The van der Waals surface area contributed by atoms with Crippen LogP contribution < -0.4 is 0 Å². The first-order valence-corrected chi connectivity index (χ1v) is 4.50. The van der Waals surface area contributed by atoms with Gasteiger partial charge in [-0.3, -0.25) is 4.79 Å². The highest BCUT2D eigenvalue weighted by atomic mass is 16.3. The second-order valence-electron chi connectivity index (χ2n) is 3.79. The van der Waals surface area contributed by atoms with Gasteiger partial charge >= 0.3 is 0 Å². The van der Waals surface area contributed by atoms with Crippen molar-refractivity contribution in [1.29, 1.82) is 0 Å². The molecule has 2 saturated carbocycles. The molecule has 0 unspecified atom stereocenters. The van der Waals surface area contributed by atoms with Gasteiger partial charge in [0, 0.05) is 12.3 Å². The van der Waals surface area contributed by atoms with Crippen molar-refractivity contribution in [2.45, 2.75) is 38.2 Å². The molecular formula is C9H14O2. The van der Waals surface area contributed by atoms with E-state index in [2.05, 4.69) is 0 Å². The quantitative estimate of drug-likeness (QED) is 0.568. The number of rotatable bonds is 0. The van der Waals surface area contributed by atoms with Crippen LogP contribution in [0.2, 0.25) is 0 Å². The molecule has 0 aromatic rings. The molecular weight excluding hydrogens is 140 g/mol. The Morgan fingerprint density at radius 2 is 2.09 bits per heavy atom. The molecule has 0 aromatic carbocycles. The fraction of sp³-hybridized carbons (Fsp3) is 0.889. The molecule has 2 fully saturated rings. The van der Waals surface area contributed by atoms with Crippen LogP contribution >= 0.6 is 0 Å². The van der Waals surface area contributed by atoms with Gasteiger partial charge in [0.2, 0.25) is 0 Å². The average Bonchev–Trinajstić information content (AvgIpc) is 2.34. The third-order valence-electron chi connectivity index (χ3n) is 3.13. The van der Waals surface area contributed by atoms with E-state index in [9.17, 15) is 9.90 Å². The Labute approximate surface area is 66.6 Å². The number of Topliss-reactive ketones (excluding diaryl/α,β-unsaturated/α-hetero) is 1. The van der Waals surface area contributed by atoms with Crippen LogP contribution in [0.15, 0.2) is 0 Å². The number of fused-ring (bicyclic) bond motifs is 1. The number of aliphatic hydroxyl groups excluding tert-OH is 1. The zero-order valence-corrected chi connectivity index (χ0v) is 6.62. The molecule has 2 aliphatic carbocycles. The maximum Gasteiger partial charge on any atom is 0.138 e. The maximum atomic E-state index is 11.3. The number of hydrogen-bond acceptors (Lipinski definition) is 2. The highest BCUT2D eigenvalue weighted by Crippen LogP contribution is 2.40. The van der Waals surface area contributed by atoms with Gasteiger partial charge in [-0.25, -0.2) is 0 Å². The largest absolute Gasteiger partial charge is 0.392 e. The highest BCUT2D eigenvalue weighted by Gasteiger charge is 2.41. The van der Waals surface area contributed by atoms with Gasteiger partial charge in [0.15, 0.2) is 0 Å². The van der Waals surface area contributed by atoms with E-state index in [0.29, 0.717) is 18.1 Å². The third-order valence-corrected chi connectivity index (χ3v) is 3.13. The molecule has 0 heterocycles. The minimum Gasteiger partial charge on any atom is -0.392 e. The fourth-order valence-corrected chi connectivity index (χ4v) is 2.56. The Morgan fingerprint density at radius 1 is 1.27 bits per heavy atom. The van der Waals surface area contributed by atoms with Crippen LogP contribution in [0.1, 0.15) is 32.1 Å². The van der Waals surface area contributed by atoms with Crippen LogP contribution in [0.3, 0.4) is 0 Å². The summed E-state index contributed by atoms with van der Waals surface area (Å²) in [5, 5.41) is 9.47. The Kier molecular flexibility index (Phi) is 1.72. The fourth-order valence-electron chi connectivity index (χ4n) is 2.56. The Balaban J connectivity index is 2.14. The zero-order valence-electron chi connectivity index (χ0n) is 6.62. The van der Waals surface area contributed by atoms with Gasteiger partial charge in [-0.2, -0.15) is 0 Å². The molecule has 3 atom stereocenters. The molecule has 2 heteroatoms. The van der Waals surface area contributed by atoms with E-state index in [1.54, 1.807) is 0 Å². The van der Waals surface area contributed by atoms with Crippen LogP contribution in [0.4, 0.5) is 0 Å². The molecule has 0 radical (unpaired) electrons. The smallest absolute Gasteiger partial charge is 0.138 e. The third kappa shape index (κ3) is 1.09. The molecule has 2 nitrogen and oxygen atoms in total. The monoisotopic (exact) mass is 154 g/mol. The molecule has 0 amide bonds. The Hall–Kier alpha value is -0.370. The summed E-state index contributed by atoms with van der Waals surface area (Å²) in [6, 6.07) is 0. The average molecular weight is 154 g/mol. The molecule has 11 heavy (non-hydrogen) atoms. The summed E-state index contributed by atoms with van der Waals surface area (Å²) in [6.45, 7) is 0. The van der Waals surface area contributed by atoms with Crippen LogP contribution in [-0.4, -0.2) is 17.0 Å². The first-order valence-electron chi connectivity index (χ1n) is 4.50. The lowest BCUT2D eigenvalue weighted by atomic mass is 9.80. The number of hydrogen-bond donors (Lipinski definition) is 1. The van der Waals surface area contributed by atoms with Crippen molar-refractivity contribution in [3.63, 3.8) is 0 Å². The van der Waals surface area contributed by atoms with Gasteiger partial charge < -0.3 is 5.11 Å². The van der Waals surface area contributed by atoms with Crippen molar-refractivity contribution >= 4 is 5.78 Å². The normalized spacial score (nSPS) is 44.1. The van der Waals surface area contributed by atoms with Crippen molar-refractivity contribution in [2.24, 2.45) is 11.8 Å². The van der Waals surface area contributed by atoms with Gasteiger partial charge in [-0.1, -0.05) is 0 Å². The predicted octanol–water partition coefficient (Wildman–Crippen LogP) is 1.13. The highest BCUT2D eigenvalue weighted by molar-refractivity contribution is 5.82. The molecule has 0 bridgehead atoms. The molecule has 0 spiro atoms. The summed E-state index contributed by atoms with van der Waals surface area (Å²) in [5.41, 5.74) is 0. The van der Waals surface area contributed by atoms with Crippen molar-refractivity contribution in [1.82, 2.24) is 0 Å². The predicted molar refractivity (Wildman–Crippen MR) is 41.1 cm³/mol. The minimum atomic E-state index is -0.312. The zero-order chi connectivity index (χ0) is 7.84. The van der Waals surface area contributed by atoms with E-state index in [1.807, 2.05) is 0 Å². The van der Waals surface area contributed by atoms with Gasteiger partial charge in [0.25, 0.3) is 0 Å². The molecule has 1 N–H and O–H groups in total. The first kappa shape index (κ1) is 7.29. The SMILES string of the molecule is O=C1CCC[C@H]2CC[C@H](O)[C@@H]12. The second-order valence-corrected chi connectivity index (χ2v) is 3.79. The standard InChI is InChI=1S/C9H14O2/c10-7-3-1-2-6-4-5-8(11)9(6)7/h6,8-9,11H,1-5H2/t6-,8-,9+/m0/s1. The van der Waals surface area contributed by atoms with Crippen molar-refractivity contribution in [3.05, 3.63) is 0 Å². The summed E-state index contributed by atoms with van der Waals surface area (Å²) >= 11 is 0. The number of carbonyl (C=O) groups is 1. The second kappa shape index (κ2) is 2.59. The van der Waals surface area contributed by atoms with Crippen LogP contribution in [0, 0.1) is 11.8 Å². The summed E-state index contributed by atoms with van der Waals surface area (Å²) in [4.78, 5) is 11.3. The topological polar surface area (TPSA) is 37.3 Å². The number of aliphatic hydroxyl groups is 1. The minimum absolute atomic E-state index is 0.0174. The summed E-state index contributed by atoms with van der Waals surface area (Å²) in [7, 11) is 0. The molecule has 2 rings (SSSR count). The molecule has 0 aromatic heterocycles. The van der Waals surface area contributed by atoms with E-state index in [-0.39, 0.29) is 12.0 Å². The first-order chi connectivity index (χ1) is 5.29. The Morgan fingerprint density at radius 3 is 2.82 bits per heavy atom. The molecule has 0 saturated heterocycles. The van der Waals surface area contributed by atoms with Gasteiger partial charge in [-0.05, 0) is 31.6 Å². The van der Waals surface area contributed by atoms with Crippen LogP contribution in [0.25, 0.3) is 0 Å². The van der Waals surface area contributed by atoms with E-state index in [1.165, 1.54) is 0 Å². The van der Waals surface area contributed by atoms with Gasteiger partial charge in [-0.15, -0.1) is 0 Å². The van der Waals surface area contributed by atoms with E-state index in [4.69, 9.17) is 0 Å². The van der Waals surface area contributed by atoms with Crippen LogP contribution in [0.5, 0.6) is 0 Å². The van der Waals surface area contributed by atoms with E-state index < -0.39 is 0 Å². The van der Waals surface area contributed by atoms with E-state index >= 15 is 0 Å². The number of carbonyl (C=O) groups excluding carboxylic acids is 1. The van der Waals surface area contributed by atoms with Gasteiger partial charge in [0.05, 0.1) is 6.10 Å². The lowest BCUT2D eigenvalue weighted by Gasteiger charge is -2.25. The maximum absolute atomic E-state index is 11.3. The number of ketones is 1. The molecule has 0 aliphatic heterocycles. The van der Waals surface area contributed by atoms with Gasteiger partial charge in [0.1, 0.15) is 5.78 Å². The summed E-state index contributed by atoms with van der Waals surface area (Å²) < 4.78 is 0. The van der Waals surface area contributed by atoms with Crippen molar-refractivity contribution in [2.75, 3.05) is 0 Å². The lowest BCUT2D eigenvalue weighted by Crippen LogP contribution is -2.31. The van der Waals surface area contributed by atoms with Crippen molar-refractivity contribution in [3.8, 4) is 0 Å². The Bertz CT molecular complexity index is 174. The summed E-state index contributed by atoms with van der Waals surface area (Å²) in [5.74, 6) is 0.848. The van der Waals surface area contributed by atoms with Crippen molar-refractivity contribution < 1.29 is 9.90 Å². The van der Waals surface area contributed by atoms with Crippen LogP contribution in [-0.2, 0) is 4.79 Å². The lowest BCUT2D eigenvalue weighted by molar-refractivity contribution is -0.128.